The zero-order chi connectivity index (χ0) is 49.5. The normalized spacial score (nSPS) is 14.1. The van der Waals surface area contributed by atoms with E-state index in [1.54, 1.807) is 0 Å². The Labute approximate surface area is 419 Å². The molecule has 0 radical (unpaired) electrons. The largest absolute Gasteiger partial charge is 0.462 e. The van der Waals surface area contributed by atoms with Crippen molar-refractivity contribution in [3.05, 3.63) is 122 Å². The molecule has 0 aromatic rings. The summed E-state index contributed by atoms with van der Waals surface area (Å²) in [5.41, 5.74) is 0. The lowest BCUT2D eigenvalue weighted by Gasteiger charge is -2.24. The molecule has 0 aromatic carbocycles. The van der Waals surface area contributed by atoms with E-state index in [9.17, 15) is 19.8 Å². The first-order valence-electron chi connectivity index (χ1n) is 27.8. The Bertz CT molecular complexity index is 1430. The zero-order valence-electron chi connectivity index (χ0n) is 43.9. The van der Waals surface area contributed by atoms with Crippen LogP contribution in [0.1, 0.15) is 233 Å². The summed E-state index contributed by atoms with van der Waals surface area (Å²) >= 11 is 0. The zero-order valence-corrected chi connectivity index (χ0v) is 43.9. The van der Waals surface area contributed by atoms with Gasteiger partial charge in [-0.2, -0.15) is 0 Å². The van der Waals surface area contributed by atoms with Crippen molar-refractivity contribution >= 4 is 11.9 Å². The third-order valence-corrected chi connectivity index (χ3v) is 11.9. The van der Waals surface area contributed by atoms with Crippen molar-refractivity contribution in [2.24, 2.45) is 0 Å². The van der Waals surface area contributed by atoms with Crippen molar-refractivity contribution in [3.8, 4) is 0 Å². The minimum Gasteiger partial charge on any atom is -0.462 e. The van der Waals surface area contributed by atoms with Crippen molar-refractivity contribution < 1.29 is 24.5 Å². The first kappa shape index (κ1) is 64.3. The number of unbranched alkanes of at least 4 members (excludes halogenated alkanes) is 20. The SMILES string of the molecule is CC/C=C\C/C=C\C/C=C\C/C=C\C/C=C\CCCCCC(=O)OC(CCCCC/C=C/C=C/C=C/C=C/C=C/CCC)CC(=O)NC(CO)C(O)CCCCCCCCCCCCCCCC. The maximum Gasteiger partial charge on any atom is 0.306 e. The monoisotopic (exact) mass is 942 g/mol. The molecule has 0 saturated carbocycles. The molecule has 0 bridgehead atoms. The summed E-state index contributed by atoms with van der Waals surface area (Å²) in [6.45, 7) is 6.26. The number of carbonyl (C=O) groups is 2. The molecule has 386 valence electrons. The highest BCUT2D eigenvalue weighted by molar-refractivity contribution is 5.77. The molecule has 0 spiro atoms. The smallest absolute Gasteiger partial charge is 0.306 e. The van der Waals surface area contributed by atoms with E-state index in [0.717, 1.165) is 116 Å². The number of nitrogens with one attached hydrogen (secondary N) is 1. The summed E-state index contributed by atoms with van der Waals surface area (Å²) in [6.07, 6.45) is 75.4. The van der Waals surface area contributed by atoms with Crippen molar-refractivity contribution in [1.82, 2.24) is 5.32 Å². The van der Waals surface area contributed by atoms with Gasteiger partial charge in [-0.3, -0.25) is 9.59 Å². The Balaban J connectivity index is 4.75. The van der Waals surface area contributed by atoms with Gasteiger partial charge in [0.1, 0.15) is 6.10 Å². The van der Waals surface area contributed by atoms with E-state index in [0.29, 0.717) is 19.3 Å². The number of carbonyl (C=O) groups excluding carboxylic acids is 2. The van der Waals surface area contributed by atoms with Gasteiger partial charge in [0, 0.05) is 6.42 Å². The summed E-state index contributed by atoms with van der Waals surface area (Å²) in [5, 5.41) is 23.8. The molecule has 3 N–H and O–H groups in total. The van der Waals surface area contributed by atoms with E-state index < -0.39 is 18.2 Å². The highest BCUT2D eigenvalue weighted by Crippen LogP contribution is 2.17. The van der Waals surface area contributed by atoms with E-state index in [-0.39, 0.29) is 24.9 Å². The third-order valence-electron chi connectivity index (χ3n) is 11.9. The van der Waals surface area contributed by atoms with E-state index in [4.69, 9.17) is 4.74 Å². The second-order valence-electron chi connectivity index (χ2n) is 18.4. The predicted octanol–water partition coefficient (Wildman–Crippen LogP) is 17.2. The molecule has 0 fully saturated rings. The third kappa shape index (κ3) is 48.7. The van der Waals surface area contributed by atoms with Crippen molar-refractivity contribution in [2.75, 3.05) is 6.61 Å². The van der Waals surface area contributed by atoms with Crippen molar-refractivity contribution in [3.63, 3.8) is 0 Å². The number of ether oxygens (including phenoxy) is 1. The van der Waals surface area contributed by atoms with E-state index >= 15 is 0 Å². The second-order valence-corrected chi connectivity index (χ2v) is 18.4. The average molecular weight is 943 g/mol. The van der Waals surface area contributed by atoms with Gasteiger partial charge in [-0.05, 0) is 89.9 Å². The van der Waals surface area contributed by atoms with Crippen molar-refractivity contribution in [2.45, 2.75) is 251 Å². The van der Waals surface area contributed by atoms with Crippen LogP contribution in [0.15, 0.2) is 122 Å². The van der Waals surface area contributed by atoms with E-state index in [1.807, 2.05) is 36.5 Å². The highest BCUT2D eigenvalue weighted by atomic mass is 16.5. The summed E-state index contributed by atoms with van der Waals surface area (Å²) in [6, 6.07) is -0.732. The fourth-order valence-electron chi connectivity index (χ4n) is 7.72. The topological polar surface area (TPSA) is 95.9 Å². The van der Waals surface area contributed by atoms with Gasteiger partial charge in [0.15, 0.2) is 0 Å². The average Bonchev–Trinajstić information content (AvgIpc) is 3.33. The lowest BCUT2D eigenvalue weighted by molar-refractivity contribution is -0.151. The van der Waals surface area contributed by atoms with Crippen LogP contribution in [0.4, 0.5) is 0 Å². The number of amides is 1. The number of esters is 1. The predicted molar refractivity (Wildman–Crippen MR) is 296 cm³/mol. The number of hydrogen-bond acceptors (Lipinski definition) is 5. The molecule has 0 aliphatic rings. The highest BCUT2D eigenvalue weighted by Gasteiger charge is 2.24. The minimum atomic E-state index is -0.814. The molecule has 0 saturated heterocycles. The Morgan fingerprint density at radius 2 is 0.882 bits per heavy atom. The molecule has 0 rings (SSSR count). The van der Waals surface area contributed by atoms with Crippen LogP contribution in [-0.2, 0) is 14.3 Å². The first-order valence-corrected chi connectivity index (χ1v) is 27.8. The van der Waals surface area contributed by atoms with Crippen LogP contribution in [0.5, 0.6) is 0 Å². The van der Waals surface area contributed by atoms with Gasteiger partial charge in [-0.25, -0.2) is 0 Å². The molecule has 6 nitrogen and oxygen atoms in total. The number of aliphatic hydroxyl groups excluding tert-OH is 2. The second kappa shape index (κ2) is 54.2. The van der Waals surface area contributed by atoms with Gasteiger partial charge >= 0.3 is 5.97 Å². The van der Waals surface area contributed by atoms with Gasteiger partial charge in [-0.1, -0.05) is 251 Å². The fourth-order valence-corrected chi connectivity index (χ4v) is 7.72. The number of rotatable bonds is 48. The lowest BCUT2D eigenvalue weighted by atomic mass is 10.0. The van der Waals surface area contributed by atoms with Gasteiger partial charge in [0.25, 0.3) is 0 Å². The number of allylic oxidation sites excluding steroid dienone is 20. The summed E-state index contributed by atoms with van der Waals surface area (Å²) in [4.78, 5) is 26.2. The Kier molecular flexibility index (Phi) is 51.2. The number of hydrogen-bond donors (Lipinski definition) is 3. The maximum atomic E-state index is 13.3. The van der Waals surface area contributed by atoms with Gasteiger partial charge in [-0.15, -0.1) is 0 Å². The van der Waals surface area contributed by atoms with Crippen LogP contribution < -0.4 is 5.32 Å². The molecule has 0 aliphatic heterocycles. The fraction of sp³-hybridized carbons (Fsp3) is 0.645. The molecule has 0 heterocycles. The van der Waals surface area contributed by atoms with Crippen LogP contribution in [-0.4, -0.2) is 46.9 Å². The molecule has 3 unspecified atom stereocenters. The van der Waals surface area contributed by atoms with E-state index in [2.05, 4.69) is 111 Å². The molecule has 1 amide bonds. The minimum absolute atomic E-state index is 0.0281. The van der Waals surface area contributed by atoms with Gasteiger partial charge in [0.2, 0.25) is 5.91 Å². The molecular formula is C62H103NO5. The Morgan fingerprint density at radius 3 is 1.40 bits per heavy atom. The molecule has 0 aromatic heterocycles. The van der Waals surface area contributed by atoms with Crippen LogP contribution >= 0.6 is 0 Å². The summed E-state index contributed by atoms with van der Waals surface area (Å²) in [7, 11) is 0. The number of aliphatic hydroxyl groups is 2. The molecular weight excluding hydrogens is 839 g/mol. The summed E-state index contributed by atoms with van der Waals surface area (Å²) in [5.74, 6) is -0.562. The molecule has 6 heteroatoms. The Hall–Kier alpha value is -3.74. The van der Waals surface area contributed by atoms with Crippen LogP contribution in [0.3, 0.4) is 0 Å². The van der Waals surface area contributed by atoms with Crippen LogP contribution in [0.25, 0.3) is 0 Å². The molecule has 68 heavy (non-hydrogen) atoms. The standard InChI is InChI=1S/C62H103NO5/c1-4-7-10-13-16-19-22-25-28-30-31-32-34-37-40-43-46-49-52-55-62(67)68-58(53-50-47-44-41-38-35-33-29-26-23-20-17-14-11-8-5-2)56-61(66)63-59(57-64)60(65)54-51-48-45-42-39-36-27-24-21-18-15-12-9-6-3/h7,10-11,14,16-17,19-20,23,25-26,28-29,31-33,35,37-38,40,58-60,64-65H,4-6,8-9,12-13,15,18,21-22,24,27,30,34,36,39,41-57H2,1-3H3,(H,63,66)/b10-7-,14-11+,19-16-,20-17+,26-23+,28-25-,32-31-,33-29+,38-35+,40-37-. The van der Waals surface area contributed by atoms with Crippen molar-refractivity contribution in [1.29, 1.82) is 0 Å². The van der Waals surface area contributed by atoms with Crippen LogP contribution in [0, 0.1) is 0 Å². The summed E-state index contributed by atoms with van der Waals surface area (Å²) < 4.78 is 5.92. The van der Waals surface area contributed by atoms with E-state index in [1.165, 1.54) is 70.6 Å². The maximum absolute atomic E-state index is 13.3. The molecule has 0 aliphatic carbocycles. The lowest BCUT2D eigenvalue weighted by Crippen LogP contribution is -2.46. The van der Waals surface area contributed by atoms with Gasteiger partial charge < -0.3 is 20.3 Å². The Morgan fingerprint density at radius 1 is 0.456 bits per heavy atom. The van der Waals surface area contributed by atoms with Gasteiger partial charge in [0.05, 0.1) is 25.2 Å². The molecule has 3 atom stereocenters. The van der Waals surface area contributed by atoms with Crippen LogP contribution in [0.2, 0.25) is 0 Å². The first-order chi connectivity index (χ1) is 33.5. The quantitative estimate of drug-likeness (QED) is 0.0244.